The molecule has 1 saturated heterocycles. The van der Waals surface area contributed by atoms with Crippen LogP contribution < -0.4 is 5.32 Å². The molecule has 1 amide bonds. The van der Waals surface area contributed by atoms with E-state index in [4.69, 9.17) is 9.47 Å². The summed E-state index contributed by atoms with van der Waals surface area (Å²) in [7, 11) is 1.71. The largest absolute Gasteiger partial charge is 0.444 e. The minimum atomic E-state index is -0.448. The molecule has 0 aromatic carbocycles. The molecule has 24 heavy (non-hydrogen) atoms. The lowest BCUT2D eigenvalue weighted by molar-refractivity contribution is 0.0137. The molecule has 142 valence electrons. The molecule has 0 bridgehead atoms. The number of hydrogen-bond acceptors (Lipinski definition) is 5. The van der Waals surface area contributed by atoms with Crippen molar-refractivity contribution in [2.24, 2.45) is 11.8 Å². The van der Waals surface area contributed by atoms with Crippen LogP contribution in [0.2, 0.25) is 0 Å². The van der Waals surface area contributed by atoms with Gasteiger partial charge in [0.2, 0.25) is 0 Å². The highest BCUT2D eigenvalue weighted by Gasteiger charge is 2.30. The van der Waals surface area contributed by atoms with Crippen LogP contribution in [0, 0.1) is 11.8 Å². The molecule has 0 aliphatic carbocycles. The summed E-state index contributed by atoms with van der Waals surface area (Å²) in [5.41, 5.74) is -0.448. The van der Waals surface area contributed by atoms with Crippen molar-refractivity contribution < 1.29 is 19.4 Å². The summed E-state index contributed by atoms with van der Waals surface area (Å²) in [5.74, 6) is 0.787. The van der Waals surface area contributed by atoms with E-state index in [1.807, 2.05) is 20.8 Å². The number of aliphatic hydroxyl groups excluding tert-OH is 1. The van der Waals surface area contributed by atoms with Crippen LogP contribution in [0.15, 0.2) is 0 Å². The number of methoxy groups -OCH3 is 1. The highest BCUT2D eigenvalue weighted by atomic mass is 16.6. The Bertz CT molecular complexity index is 349. The van der Waals surface area contributed by atoms with Crippen molar-refractivity contribution >= 4 is 6.09 Å². The van der Waals surface area contributed by atoms with Gasteiger partial charge < -0.3 is 24.8 Å². The molecule has 0 saturated carbocycles. The smallest absolute Gasteiger partial charge is 0.410 e. The molecule has 1 fully saturated rings. The monoisotopic (exact) mass is 344 g/mol. The Hall–Kier alpha value is -0.850. The molecule has 0 aromatic rings. The zero-order valence-corrected chi connectivity index (χ0v) is 15.8. The second-order valence-corrected chi connectivity index (χ2v) is 7.63. The van der Waals surface area contributed by atoms with E-state index in [0.29, 0.717) is 11.8 Å². The molecule has 0 aromatic heterocycles. The van der Waals surface area contributed by atoms with Crippen LogP contribution in [-0.4, -0.2) is 68.2 Å². The molecule has 1 aliphatic rings. The summed E-state index contributed by atoms with van der Waals surface area (Å²) in [4.78, 5) is 13.9. The predicted octanol–water partition coefficient (Wildman–Crippen LogP) is 2.26. The molecule has 6 nitrogen and oxygen atoms in total. The van der Waals surface area contributed by atoms with Gasteiger partial charge >= 0.3 is 6.09 Å². The van der Waals surface area contributed by atoms with Crippen LogP contribution in [0.4, 0.5) is 4.79 Å². The topological polar surface area (TPSA) is 71.0 Å². The normalized spacial score (nSPS) is 17.8. The number of carbonyl (C=O) groups is 1. The third-order valence-corrected chi connectivity index (χ3v) is 4.49. The van der Waals surface area contributed by atoms with Gasteiger partial charge in [-0.05, 0) is 71.4 Å². The first-order valence-corrected chi connectivity index (χ1v) is 9.16. The summed E-state index contributed by atoms with van der Waals surface area (Å²) in [5, 5.41) is 13.1. The summed E-state index contributed by atoms with van der Waals surface area (Å²) in [6.07, 6.45) is 3.64. The Morgan fingerprint density at radius 3 is 2.50 bits per heavy atom. The van der Waals surface area contributed by atoms with Crippen molar-refractivity contribution in [1.82, 2.24) is 10.2 Å². The molecular formula is C18H36N2O4. The molecule has 1 aliphatic heterocycles. The van der Waals surface area contributed by atoms with Crippen LogP contribution in [0.3, 0.4) is 0 Å². The van der Waals surface area contributed by atoms with Gasteiger partial charge in [-0.3, -0.25) is 0 Å². The molecule has 1 unspecified atom stereocenters. The van der Waals surface area contributed by atoms with Gasteiger partial charge in [0.05, 0.1) is 0 Å². The van der Waals surface area contributed by atoms with E-state index >= 15 is 0 Å². The number of nitrogens with zero attached hydrogens (tertiary/aromatic N) is 1. The maximum atomic E-state index is 12.1. The van der Waals surface area contributed by atoms with Crippen molar-refractivity contribution in [2.75, 3.05) is 46.5 Å². The standard InChI is InChI=1S/C18H36N2O4/c1-18(2,3)24-17(22)20-11-7-15(8-12-20)16(14-21)6-10-19-9-5-13-23-4/h15-16,19,21H,5-14H2,1-4H3. The molecule has 1 heterocycles. The molecule has 6 heteroatoms. The third kappa shape index (κ3) is 8.31. The first kappa shape index (κ1) is 21.2. The summed E-state index contributed by atoms with van der Waals surface area (Å²) in [6, 6.07) is 0. The van der Waals surface area contributed by atoms with Gasteiger partial charge in [-0.2, -0.15) is 0 Å². The SMILES string of the molecule is COCCCNCCC(CO)C1CCN(C(=O)OC(C)(C)C)CC1. The van der Waals surface area contributed by atoms with E-state index < -0.39 is 5.60 Å². The van der Waals surface area contributed by atoms with E-state index in [9.17, 15) is 9.90 Å². The summed E-state index contributed by atoms with van der Waals surface area (Å²) < 4.78 is 10.5. The van der Waals surface area contributed by atoms with E-state index in [1.54, 1.807) is 12.0 Å². The van der Waals surface area contributed by atoms with Gasteiger partial charge in [0, 0.05) is 33.4 Å². The summed E-state index contributed by atoms with van der Waals surface area (Å²) >= 11 is 0. The second kappa shape index (κ2) is 10.9. The van der Waals surface area contributed by atoms with Gasteiger partial charge in [0.1, 0.15) is 5.60 Å². The fraction of sp³-hybridized carbons (Fsp3) is 0.944. The Morgan fingerprint density at radius 1 is 1.29 bits per heavy atom. The maximum absolute atomic E-state index is 12.1. The molecule has 2 N–H and O–H groups in total. The average Bonchev–Trinajstić information content (AvgIpc) is 2.53. The lowest BCUT2D eigenvalue weighted by Gasteiger charge is -2.36. The number of aliphatic hydroxyl groups is 1. The lowest BCUT2D eigenvalue weighted by Crippen LogP contribution is -2.43. The predicted molar refractivity (Wildman–Crippen MR) is 95.1 cm³/mol. The molecular weight excluding hydrogens is 308 g/mol. The highest BCUT2D eigenvalue weighted by Crippen LogP contribution is 2.27. The fourth-order valence-corrected chi connectivity index (χ4v) is 3.11. The maximum Gasteiger partial charge on any atom is 0.410 e. The van der Waals surface area contributed by atoms with Crippen LogP contribution >= 0.6 is 0 Å². The number of likely N-dealkylation sites (tertiary alicyclic amines) is 1. The number of ether oxygens (including phenoxy) is 2. The number of rotatable bonds is 9. The minimum Gasteiger partial charge on any atom is -0.444 e. The van der Waals surface area contributed by atoms with Crippen molar-refractivity contribution in [3.8, 4) is 0 Å². The van der Waals surface area contributed by atoms with E-state index in [2.05, 4.69) is 5.32 Å². The third-order valence-electron chi connectivity index (χ3n) is 4.49. The van der Waals surface area contributed by atoms with Crippen LogP contribution in [0.1, 0.15) is 46.5 Å². The van der Waals surface area contributed by atoms with E-state index in [-0.39, 0.29) is 12.7 Å². The molecule has 0 spiro atoms. The number of piperidine rings is 1. The van der Waals surface area contributed by atoms with Gasteiger partial charge in [0.15, 0.2) is 0 Å². The molecule has 1 atom stereocenters. The van der Waals surface area contributed by atoms with Crippen LogP contribution in [0.25, 0.3) is 0 Å². The van der Waals surface area contributed by atoms with Crippen LogP contribution in [-0.2, 0) is 9.47 Å². The zero-order chi connectivity index (χ0) is 18.0. The number of hydrogen-bond donors (Lipinski definition) is 2. The lowest BCUT2D eigenvalue weighted by atomic mass is 9.83. The van der Waals surface area contributed by atoms with E-state index in [1.165, 1.54) is 0 Å². The Balaban J connectivity index is 2.27. The van der Waals surface area contributed by atoms with Crippen molar-refractivity contribution in [1.29, 1.82) is 0 Å². The Morgan fingerprint density at radius 2 is 1.96 bits per heavy atom. The van der Waals surface area contributed by atoms with Gasteiger partial charge in [-0.25, -0.2) is 4.79 Å². The quantitative estimate of drug-likeness (QED) is 0.628. The van der Waals surface area contributed by atoms with Gasteiger partial charge in [0.25, 0.3) is 0 Å². The van der Waals surface area contributed by atoms with Crippen molar-refractivity contribution in [3.05, 3.63) is 0 Å². The number of carbonyl (C=O) groups excluding carboxylic acids is 1. The number of nitrogens with one attached hydrogen (secondary N) is 1. The highest BCUT2D eigenvalue weighted by molar-refractivity contribution is 5.68. The molecule has 0 radical (unpaired) electrons. The minimum absolute atomic E-state index is 0.219. The van der Waals surface area contributed by atoms with Gasteiger partial charge in [-0.15, -0.1) is 0 Å². The average molecular weight is 344 g/mol. The van der Waals surface area contributed by atoms with Crippen LogP contribution in [0.5, 0.6) is 0 Å². The molecule has 1 rings (SSSR count). The zero-order valence-electron chi connectivity index (χ0n) is 15.8. The summed E-state index contributed by atoms with van der Waals surface area (Å²) in [6.45, 7) is 9.96. The van der Waals surface area contributed by atoms with Gasteiger partial charge in [-0.1, -0.05) is 0 Å². The number of amides is 1. The first-order valence-electron chi connectivity index (χ1n) is 9.16. The Labute approximate surface area is 146 Å². The Kier molecular flexibility index (Phi) is 9.63. The van der Waals surface area contributed by atoms with Crippen molar-refractivity contribution in [2.45, 2.75) is 52.1 Å². The first-order chi connectivity index (χ1) is 11.4. The van der Waals surface area contributed by atoms with Crippen molar-refractivity contribution in [3.63, 3.8) is 0 Å². The van der Waals surface area contributed by atoms with E-state index in [0.717, 1.165) is 58.5 Å². The fourth-order valence-electron chi connectivity index (χ4n) is 3.11. The second-order valence-electron chi connectivity index (χ2n) is 7.63.